The summed E-state index contributed by atoms with van der Waals surface area (Å²) in [5, 5.41) is 30.7. The van der Waals surface area contributed by atoms with Crippen LogP contribution in [0.25, 0.3) is 0 Å². The van der Waals surface area contributed by atoms with Crippen LogP contribution >= 0.6 is 0 Å². The lowest BCUT2D eigenvalue weighted by Gasteiger charge is -2.33. The summed E-state index contributed by atoms with van der Waals surface area (Å²) in [5.41, 5.74) is 2.83. The second-order valence-corrected chi connectivity index (χ2v) is 8.31. The van der Waals surface area contributed by atoms with E-state index in [0.29, 0.717) is 51.8 Å². The lowest BCUT2D eigenvalue weighted by Crippen LogP contribution is -2.44. The Hall–Kier alpha value is -1.38. The van der Waals surface area contributed by atoms with Crippen molar-refractivity contribution in [1.82, 2.24) is 10.8 Å². The maximum absolute atomic E-state index is 12.5. The van der Waals surface area contributed by atoms with Crippen molar-refractivity contribution in [3.63, 3.8) is 0 Å². The predicted octanol–water partition coefficient (Wildman–Crippen LogP) is -0.0279. The number of aliphatic hydroxyl groups is 1. The van der Waals surface area contributed by atoms with Crippen molar-refractivity contribution >= 4 is 11.9 Å². The minimum absolute atomic E-state index is 0.0787. The van der Waals surface area contributed by atoms with E-state index >= 15 is 0 Å². The topological polar surface area (TPSA) is 182 Å². The fraction of sp³-hybridized carbons (Fsp3) is 0.895. The SMILES string of the molecule is NOOC1CCC(C(=O)O)C(C(=O)NCCCNOCC2CC(O)CCC2COO)C1. The van der Waals surface area contributed by atoms with Gasteiger partial charge in [0.05, 0.1) is 37.3 Å². The first-order valence-electron chi connectivity index (χ1n) is 10.8. The highest BCUT2D eigenvalue weighted by Crippen LogP contribution is 2.32. The first kappa shape index (κ1) is 25.9. The van der Waals surface area contributed by atoms with Gasteiger partial charge >= 0.3 is 5.97 Å². The summed E-state index contributed by atoms with van der Waals surface area (Å²) in [5.74, 6) is 2.31. The van der Waals surface area contributed by atoms with Gasteiger partial charge in [0.25, 0.3) is 0 Å². The third kappa shape index (κ3) is 8.58. The molecule has 0 bridgehead atoms. The van der Waals surface area contributed by atoms with Crippen LogP contribution in [0, 0.1) is 23.7 Å². The highest BCUT2D eigenvalue weighted by molar-refractivity contribution is 5.84. The Bertz CT molecular complexity index is 554. The molecule has 12 heteroatoms. The number of aliphatic carboxylic acids is 1. The number of amides is 1. The number of carbonyl (C=O) groups excluding carboxylic acids is 1. The molecule has 2 saturated carbocycles. The summed E-state index contributed by atoms with van der Waals surface area (Å²) in [4.78, 5) is 42.7. The Morgan fingerprint density at radius 1 is 1.00 bits per heavy atom. The standard InChI is InChI=1S/C19H35N3O9/c20-31-30-15-4-5-16(19(25)26)17(9-15)18(24)21-6-1-7-22-28-10-13-8-14(23)3-2-12(13)11-29-27/h12-17,22-23,27H,1-11,20H2,(H,21,24)(H,25,26). The van der Waals surface area contributed by atoms with Crippen molar-refractivity contribution in [3.05, 3.63) is 0 Å². The minimum atomic E-state index is -1.000. The van der Waals surface area contributed by atoms with E-state index in [0.717, 1.165) is 6.42 Å². The van der Waals surface area contributed by atoms with Crippen LogP contribution in [0.2, 0.25) is 0 Å². The maximum atomic E-state index is 12.5. The van der Waals surface area contributed by atoms with Gasteiger partial charge in [-0.25, -0.2) is 15.3 Å². The highest BCUT2D eigenvalue weighted by Gasteiger charge is 2.40. The average Bonchev–Trinajstić information content (AvgIpc) is 2.74. The van der Waals surface area contributed by atoms with Crippen LogP contribution in [0.5, 0.6) is 0 Å². The van der Waals surface area contributed by atoms with Gasteiger partial charge in [-0.2, -0.15) is 5.90 Å². The van der Waals surface area contributed by atoms with Gasteiger partial charge in [0.2, 0.25) is 5.91 Å². The number of carbonyl (C=O) groups is 2. The van der Waals surface area contributed by atoms with E-state index in [2.05, 4.69) is 20.7 Å². The molecule has 0 radical (unpaired) electrons. The molecule has 0 aromatic carbocycles. The van der Waals surface area contributed by atoms with Crippen molar-refractivity contribution < 1.29 is 44.7 Å². The molecule has 0 spiro atoms. The van der Waals surface area contributed by atoms with Crippen LogP contribution in [-0.4, -0.2) is 65.9 Å². The lowest BCUT2D eigenvalue weighted by atomic mass is 9.77. The van der Waals surface area contributed by atoms with Gasteiger partial charge in [-0.15, -0.1) is 4.99 Å². The first-order valence-corrected chi connectivity index (χ1v) is 10.8. The summed E-state index contributed by atoms with van der Waals surface area (Å²) in [6.07, 6.45) is 2.86. The molecule has 0 aromatic heterocycles. The van der Waals surface area contributed by atoms with Crippen LogP contribution in [0.15, 0.2) is 0 Å². The van der Waals surface area contributed by atoms with Gasteiger partial charge in [-0.05, 0) is 56.8 Å². The lowest BCUT2D eigenvalue weighted by molar-refractivity contribution is -0.335. The fourth-order valence-electron chi connectivity index (χ4n) is 4.45. The Morgan fingerprint density at radius 2 is 1.81 bits per heavy atom. The number of rotatable bonds is 13. The Balaban J connectivity index is 1.63. The summed E-state index contributed by atoms with van der Waals surface area (Å²) in [6, 6.07) is 0. The van der Waals surface area contributed by atoms with Crippen LogP contribution in [0.4, 0.5) is 0 Å². The molecule has 0 saturated heterocycles. The van der Waals surface area contributed by atoms with Crippen molar-refractivity contribution in [2.75, 3.05) is 26.3 Å². The number of hydroxylamine groups is 1. The molecule has 2 aliphatic carbocycles. The molecule has 180 valence electrons. The molecule has 6 unspecified atom stereocenters. The molecule has 0 aliphatic heterocycles. The van der Waals surface area contributed by atoms with Crippen molar-refractivity contribution in [1.29, 1.82) is 0 Å². The molecule has 2 rings (SSSR count). The first-order chi connectivity index (χ1) is 15.0. The molecule has 0 heterocycles. The van der Waals surface area contributed by atoms with Gasteiger partial charge in [-0.3, -0.25) is 14.8 Å². The number of hydrogen-bond donors (Lipinski definition) is 6. The van der Waals surface area contributed by atoms with Crippen LogP contribution in [0.1, 0.15) is 44.9 Å². The third-order valence-corrected chi connectivity index (χ3v) is 6.20. The van der Waals surface area contributed by atoms with Gasteiger partial charge in [0.1, 0.15) is 0 Å². The minimum Gasteiger partial charge on any atom is -0.481 e. The number of nitrogens with two attached hydrogens (primary N) is 1. The van der Waals surface area contributed by atoms with E-state index < -0.39 is 23.9 Å². The number of aliphatic hydroxyl groups excluding tert-OH is 1. The van der Waals surface area contributed by atoms with Crippen molar-refractivity contribution in [3.8, 4) is 0 Å². The van der Waals surface area contributed by atoms with E-state index in [1.165, 1.54) is 0 Å². The van der Waals surface area contributed by atoms with Gasteiger partial charge < -0.3 is 20.4 Å². The molecule has 7 N–H and O–H groups in total. The molecular weight excluding hydrogens is 414 g/mol. The van der Waals surface area contributed by atoms with Gasteiger partial charge in [0, 0.05) is 13.1 Å². The molecule has 2 fully saturated rings. The Kier molecular flexibility index (Phi) is 11.6. The summed E-state index contributed by atoms with van der Waals surface area (Å²) >= 11 is 0. The second-order valence-electron chi connectivity index (χ2n) is 8.31. The monoisotopic (exact) mass is 449 g/mol. The quantitative estimate of drug-likeness (QED) is 0.126. The molecule has 0 aromatic rings. The third-order valence-electron chi connectivity index (χ3n) is 6.20. The molecule has 1 amide bonds. The Morgan fingerprint density at radius 3 is 2.52 bits per heavy atom. The van der Waals surface area contributed by atoms with E-state index in [9.17, 15) is 19.8 Å². The van der Waals surface area contributed by atoms with E-state index in [4.69, 9.17) is 20.9 Å². The number of nitrogens with one attached hydrogen (secondary N) is 2. The number of hydrogen-bond acceptors (Lipinski definition) is 10. The highest BCUT2D eigenvalue weighted by atomic mass is 17.3. The van der Waals surface area contributed by atoms with Crippen molar-refractivity contribution in [2.45, 2.75) is 57.2 Å². The fourth-order valence-corrected chi connectivity index (χ4v) is 4.45. The number of carboxylic acids is 1. The van der Waals surface area contributed by atoms with E-state index in [1.54, 1.807) is 0 Å². The molecule has 2 aliphatic rings. The summed E-state index contributed by atoms with van der Waals surface area (Å²) in [7, 11) is 0. The van der Waals surface area contributed by atoms with Crippen LogP contribution in [0.3, 0.4) is 0 Å². The van der Waals surface area contributed by atoms with Crippen LogP contribution in [-0.2, 0) is 29.2 Å². The zero-order valence-electron chi connectivity index (χ0n) is 17.6. The normalized spacial score (nSPS) is 31.3. The molecular formula is C19H35N3O9. The zero-order chi connectivity index (χ0) is 22.6. The average molecular weight is 450 g/mol. The van der Waals surface area contributed by atoms with E-state index in [-0.39, 0.29) is 36.9 Å². The predicted molar refractivity (Wildman–Crippen MR) is 106 cm³/mol. The Labute approximate surface area is 181 Å². The van der Waals surface area contributed by atoms with E-state index in [1.807, 2.05) is 0 Å². The zero-order valence-corrected chi connectivity index (χ0v) is 17.6. The molecule has 12 nitrogen and oxygen atoms in total. The van der Waals surface area contributed by atoms with Gasteiger partial charge in [-0.1, -0.05) is 0 Å². The van der Waals surface area contributed by atoms with Crippen LogP contribution < -0.4 is 16.7 Å². The molecule has 6 atom stereocenters. The summed E-state index contributed by atoms with van der Waals surface area (Å²) in [6.45, 7) is 1.44. The largest absolute Gasteiger partial charge is 0.481 e. The smallest absolute Gasteiger partial charge is 0.307 e. The number of carboxylic acid groups (broad SMARTS) is 1. The van der Waals surface area contributed by atoms with Gasteiger partial charge in [0.15, 0.2) is 0 Å². The van der Waals surface area contributed by atoms with Crippen molar-refractivity contribution in [2.24, 2.45) is 29.6 Å². The second kappa shape index (κ2) is 13.9. The molecule has 31 heavy (non-hydrogen) atoms. The maximum Gasteiger partial charge on any atom is 0.307 e. The summed E-state index contributed by atoms with van der Waals surface area (Å²) < 4.78 is 0.